The molecule has 0 bridgehead atoms. The molecule has 0 saturated carbocycles. The van der Waals surface area contributed by atoms with Gasteiger partial charge >= 0.3 is 0 Å². The third kappa shape index (κ3) is 3.16. The fourth-order valence-corrected chi connectivity index (χ4v) is 2.39. The van der Waals surface area contributed by atoms with Crippen LogP contribution in [0.1, 0.15) is 6.92 Å². The number of benzene rings is 1. The van der Waals surface area contributed by atoms with E-state index < -0.39 is 15.8 Å². The minimum Gasteiger partial charge on any atom is -0.386 e. The Balaban J connectivity index is 3.25. The highest BCUT2D eigenvalue weighted by Crippen LogP contribution is 2.21. The molecule has 0 atom stereocenters. The van der Waals surface area contributed by atoms with E-state index in [0.717, 1.165) is 10.4 Å². The van der Waals surface area contributed by atoms with E-state index in [2.05, 4.69) is 0 Å². The summed E-state index contributed by atoms with van der Waals surface area (Å²) in [5.74, 6) is -1.19. The SMILES string of the molecule is CCS(=O)(=O)N(CC(=N)N)c1ccccc1F. The van der Waals surface area contributed by atoms with E-state index in [1.165, 1.54) is 25.1 Å². The number of nitrogens with zero attached hydrogens (tertiary/aromatic N) is 1. The van der Waals surface area contributed by atoms with Crippen molar-refractivity contribution in [2.45, 2.75) is 6.92 Å². The molecular weight excluding hydrogens is 245 g/mol. The summed E-state index contributed by atoms with van der Waals surface area (Å²) in [5.41, 5.74) is 5.09. The van der Waals surface area contributed by atoms with Gasteiger partial charge in [-0.3, -0.25) is 9.71 Å². The Morgan fingerprint density at radius 1 is 1.47 bits per heavy atom. The van der Waals surface area contributed by atoms with Gasteiger partial charge in [0.2, 0.25) is 10.0 Å². The third-order valence-electron chi connectivity index (χ3n) is 2.14. The smallest absolute Gasteiger partial charge is 0.235 e. The molecule has 17 heavy (non-hydrogen) atoms. The second-order valence-corrected chi connectivity index (χ2v) is 5.57. The molecule has 5 nitrogen and oxygen atoms in total. The second-order valence-electron chi connectivity index (χ2n) is 3.38. The fraction of sp³-hybridized carbons (Fsp3) is 0.300. The largest absolute Gasteiger partial charge is 0.386 e. The van der Waals surface area contributed by atoms with Gasteiger partial charge in [0.05, 0.1) is 18.0 Å². The molecule has 0 radical (unpaired) electrons. The van der Waals surface area contributed by atoms with Crippen molar-refractivity contribution in [1.82, 2.24) is 0 Å². The Kier molecular flexibility index (Phi) is 4.06. The summed E-state index contributed by atoms with van der Waals surface area (Å²) in [7, 11) is -3.66. The highest BCUT2D eigenvalue weighted by Gasteiger charge is 2.23. The summed E-state index contributed by atoms with van der Waals surface area (Å²) in [6.07, 6.45) is 0. The molecule has 1 aromatic rings. The number of nitrogens with two attached hydrogens (primary N) is 1. The van der Waals surface area contributed by atoms with Gasteiger partial charge in [-0.2, -0.15) is 0 Å². The quantitative estimate of drug-likeness (QED) is 0.609. The first-order valence-corrected chi connectivity index (χ1v) is 6.57. The van der Waals surface area contributed by atoms with Crippen LogP contribution in [0.3, 0.4) is 0 Å². The van der Waals surface area contributed by atoms with E-state index in [1.54, 1.807) is 0 Å². The zero-order chi connectivity index (χ0) is 13.1. The third-order valence-corrected chi connectivity index (χ3v) is 3.86. The molecule has 0 aliphatic heterocycles. The van der Waals surface area contributed by atoms with Gasteiger partial charge in [-0.05, 0) is 19.1 Å². The minimum atomic E-state index is -3.66. The Hall–Kier alpha value is -1.63. The van der Waals surface area contributed by atoms with Crippen LogP contribution < -0.4 is 10.0 Å². The van der Waals surface area contributed by atoms with Crippen LogP contribution in [0, 0.1) is 11.2 Å². The molecular formula is C10H14FN3O2S. The lowest BCUT2D eigenvalue weighted by Gasteiger charge is -2.23. The average molecular weight is 259 g/mol. The van der Waals surface area contributed by atoms with Crippen molar-refractivity contribution in [3.8, 4) is 0 Å². The minimum absolute atomic E-state index is 0.0930. The van der Waals surface area contributed by atoms with Crippen molar-refractivity contribution in [3.05, 3.63) is 30.1 Å². The molecule has 0 aliphatic rings. The molecule has 94 valence electrons. The summed E-state index contributed by atoms with van der Waals surface area (Å²) in [4.78, 5) is 0. The van der Waals surface area contributed by atoms with E-state index in [0.29, 0.717) is 0 Å². The van der Waals surface area contributed by atoms with Crippen LogP contribution in [0.15, 0.2) is 24.3 Å². The summed E-state index contributed by atoms with van der Waals surface area (Å²) in [6, 6.07) is 5.49. The summed E-state index contributed by atoms with van der Waals surface area (Å²) in [6.45, 7) is 1.10. The molecule has 7 heteroatoms. The number of anilines is 1. The molecule has 0 fully saturated rings. The lowest BCUT2D eigenvalue weighted by Crippen LogP contribution is -2.39. The lowest BCUT2D eigenvalue weighted by molar-refractivity contribution is 0.589. The van der Waals surface area contributed by atoms with Gasteiger partial charge in [0.25, 0.3) is 0 Å². The number of para-hydroxylation sites is 1. The fourth-order valence-electron chi connectivity index (χ4n) is 1.30. The van der Waals surface area contributed by atoms with Gasteiger partial charge in [-0.1, -0.05) is 12.1 Å². The van der Waals surface area contributed by atoms with Crippen molar-refractivity contribution in [1.29, 1.82) is 5.41 Å². The zero-order valence-corrected chi connectivity index (χ0v) is 10.2. The van der Waals surface area contributed by atoms with E-state index in [1.807, 2.05) is 0 Å². The van der Waals surface area contributed by atoms with Crippen LogP contribution in [0.25, 0.3) is 0 Å². The number of rotatable bonds is 5. The maximum atomic E-state index is 13.5. The highest BCUT2D eigenvalue weighted by atomic mass is 32.2. The van der Waals surface area contributed by atoms with Crippen LogP contribution in [0.5, 0.6) is 0 Å². The molecule has 3 N–H and O–H groups in total. The first-order chi connectivity index (χ1) is 7.88. The van der Waals surface area contributed by atoms with Crippen molar-refractivity contribution in [3.63, 3.8) is 0 Å². The van der Waals surface area contributed by atoms with Crippen molar-refractivity contribution < 1.29 is 12.8 Å². The Labute approximate surface area is 99.6 Å². The predicted octanol–water partition coefficient (Wildman–Crippen LogP) is 0.918. The molecule has 0 heterocycles. The Bertz CT molecular complexity index is 516. The van der Waals surface area contributed by atoms with Crippen molar-refractivity contribution in [2.24, 2.45) is 5.73 Å². The average Bonchev–Trinajstić information content (AvgIpc) is 2.26. The molecule has 0 aliphatic carbocycles. The van der Waals surface area contributed by atoms with Gasteiger partial charge in [-0.15, -0.1) is 0 Å². The maximum absolute atomic E-state index is 13.5. The van der Waals surface area contributed by atoms with Gasteiger partial charge in [0.1, 0.15) is 11.7 Å². The lowest BCUT2D eigenvalue weighted by atomic mass is 10.3. The normalized spacial score (nSPS) is 11.2. The van der Waals surface area contributed by atoms with Crippen molar-refractivity contribution in [2.75, 3.05) is 16.6 Å². The van der Waals surface area contributed by atoms with Gasteiger partial charge in [-0.25, -0.2) is 12.8 Å². The van der Waals surface area contributed by atoms with Gasteiger partial charge in [0, 0.05) is 0 Å². The first-order valence-electron chi connectivity index (χ1n) is 4.96. The molecule has 1 aromatic carbocycles. The highest BCUT2D eigenvalue weighted by molar-refractivity contribution is 7.92. The number of hydrogen-bond donors (Lipinski definition) is 2. The molecule has 0 amide bonds. The molecule has 0 spiro atoms. The number of hydrogen-bond acceptors (Lipinski definition) is 3. The van der Waals surface area contributed by atoms with E-state index in [-0.39, 0.29) is 23.8 Å². The standard InChI is InChI=1S/C10H14FN3O2S/c1-2-17(15,16)14(7-10(12)13)9-6-4-3-5-8(9)11/h3-6H,2,7H2,1H3,(H3,12,13). The van der Waals surface area contributed by atoms with E-state index >= 15 is 0 Å². The summed E-state index contributed by atoms with van der Waals surface area (Å²) >= 11 is 0. The van der Waals surface area contributed by atoms with E-state index in [4.69, 9.17) is 11.1 Å². The van der Waals surface area contributed by atoms with Crippen LogP contribution >= 0.6 is 0 Å². The Morgan fingerprint density at radius 3 is 2.53 bits per heavy atom. The van der Waals surface area contributed by atoms with Crippen molar-refractivity contribution >= 4 is 21.5 Å². The number of nitrogens with one attached hydrogen (secondary N) is 1. The van der Waals surface area contributed by atoms with Crippen LogP contribution in [0.4, 0.5) is 10.1 Å². The molecule has 0 saturated heterocycles. The van der Waals surface area contributed by atoms with Gasteiger partial charge < -0.3 is 5.73 Å². The maximum Gasteiger partial charge on any atom is 0.235 e. The Morgan fingerprint density at radius 2 is 2.06 bits per heavy atom. The molecule has 0 unspecified atom stereocenters. The van der Waals surface area contributed by atoms with Crippen LogP contribution in [0.2, 0.25) is 0 Å². The zero-order valence-electron chi connectivity index (χ0n) is 9.35. The topological polar surface area (TPSA) is 87.2 Å². The number of amidine groups is 1. The monoisotopic (exact) mass is 259 g/mol. The number of sulfonamides is 1. The second kappa shape index (κ2) is 5.13. The summed E-state index contributed by atoms with van der Waals surface area (Å²) in [5, 5.41) is 7.15. The van der Waals surface area contributed by atoms with Crippen LogP contribution in [-0.2, 0) is 10.0 Å². The van der Waals surface area contributed by atoms with Gasteiger partial charge in [0.15, 0.2) is 0 Å². The van der Waals surface area contributed by atoms with E-state index in [9.17, 15) is 12.8 Å². The number of halogens is 1. The first kappa shape index (κ1) is 13.4. The molecule has 1 rings (SSSR count). The van der Waals surface area contributed by atoms with Crippen LogP contribution in [-0.4, -0.2) is 26.6 Å². The summed E-state index contributed by atoms with van der Waals surface area (Å²) < 4.78 is 37.9. The molecule has 0 aromatic heterocycles. The predicted molar refractivity (Wildman–Crippen MR) is 65.1 cm³/mol.